The van der Waals surface area contributed by atoms with Gasteiger partial charge in [0.25, 0.3) is 0 Å². The first-order chi connectivity index (χ1) is 8.69. The minimum absolute atomic E-state index is 0.270. The molecule has 2 N–H and O–H groups in total. The lowest BCUT2D eigenvalue weighted by Crippen LogP contribution is -2.24. The molecule has 0 aromatic carbocycles. The van der Waals surface area contributed by atoms with Crippen molar-refractivity contribution < 1.29 is 19.3 Å². The second-order valence-corrected chi connectivity index (χ2v) is 4.11. The standard InChI is InChI=1S/C10H11FN4O3/c11-10-12-2-5-9(14-10)15(4-13-5)8-1-6(17)7(3-16)18-8/h2,4,6-8,16-17H,1,3H2/t6-,7+,8+/m1/s1. The van der Waals surface area contributed by atoms with E-state index in [1.165, 1.54) is 17.1 Å². The van der Waals surface area contributed by atoms with Gasteiger partial charge in [-0.2, -0.15) is 9.37 Å². The minimum Gasteiger partial charge on any atom is -0.394 e. The van der Waals surface area contributed by atoms with Gasteiger partial charge in [0.15, 0.2) is 5.65 Å². The van der Waals surface area contributed by atoms with Gasteiger partial charge in [0.05, 0.1) is 25.2 Å². The zero-order valence-corrected chi connectivity index (χ0v) is 9.27. The maximum absolute atomic E-state index is 13.0. The topological polar surface area (TPSA) is 93.3 Å². The number of ether oxygens (including phenoxy) is 1. The smallest absolute Gasteiger partial charge is 0.310 e. The Bertz CT molecular complexity index is 575. The molecule has 2 aromatic rings. The largest absolute Gasteiger partial charge is 0.394 e. The Labute approximate surface area is 101 Å². The van der Waals surface area contributed by atoms with Crippen LogP contribution in [0.15, 0.2) is 12.5 Å². The van der Waals surface area contributed by atoms with Crippen molar-refractivity contribution in [1.82, 2.24) is 19.5 Å². The van der Waals surface area contributed by atoms with Crippen molar-refractivity contribution in [3.8, 4) is 0 Å². The predicted octanol–water partition coefficient (Wildman–Crippen LogP) is -0.394. The molecule has 0 saturated carbocycles. The lowest BCUT2D eigenvalue weighted by Gasteiger charge is -2.13. The van der Waals surface area contributed by atoms with E-state index in [1.54, 1.807) is 0 Å². The number of rotatable bonds is 2. The van der Waals surface area contributed by atoms with E-state index in [0.29, 0.717) is 17.6 Å². The SMILES string of the molecule is OC[C@@H]1O[C@H](n2cnc3cnc(F)nc32)C[C@H]1O. The monoisotopic (exact) mass is 254 g/mol. The van der Waals surface area contributed by atoms with Gasteiger partial charge < -0.3 is 14.9 Å². The van der Waals surface area contributed by atoms with E-state index in [1.807, 2.05) is 0 Å². The summed E-state index contributed by atoms with van der Waals surface area (Å²) in [7, 11) is 0. The maximum atomic E-state index is 13.0. The molecule has 1 fully saturated rings. The van der Waals surface area contributed by atoms with Gasteiger partial charge in [-0.05, 0) is 0 Å². The number of aliphatic hydroxyl groups excluding tert-OH is 2. The van der Waals surface area contributed by atoms with Crippen LogP contribution in [0.5, 0.6) is 0 Å². The molecule has 7 nitrogen and oxygen atoms in total. The number of hydrogen-bond donors (Lipinski definition) is 2. The predicted molar refractivity (Wildman–Crippen MR) is 56.9 cm³/mol. The zero-order valence-electron chi connectivity index (χ0n) is 9.27. The highest BCUT2D eigenvalue weighted by atomic mass is 19.1. The van der Waals surface area contributed by atoms with Crippen molar-refractivity contribution >= 4 is 11.2 Å². The first-order valence-electron chi connectivity index (χ1n) is 5.48. The number of halogens is 1. The molecule has 1 saturated heterocycles. The molecule has 0 radical (unpaired) electrons. The average molecular weight is 254 g/mol. The minimum atomic E-state index is -0.846. The summed E-state index contributed by atoms with van der Waals surface area (Å²) >= 11 is 0. The van der Waals surface area contributed by atoms with Crippen molar-refractivity contribution in [2.75, 3.05) is 6.61 Å². The normalized spacial score (nSPS) is 28.1. The Morgan fingerprint density at radius 1 is 1.50 bits per heavy atom. The molecule has 1 aliphatic heterocycles. The van der Waals surface area contributed by atoms with Crippen LogP contribution in [0.3, 0.4) is 0 Å². The first-order valence-corrected chi connectivity index (χ1v) is 5.48. The van der Waals surface area contributed by atoms with Gasteiger partial charge in [-0.25, -0.2) is 9.97 Å². The summed E-state index contributed by atoms with van der Waals surface area (Å²) in [5.74, 6) is 0. The number of fused-ring (bicyclic) bond motifs is 1. The molecule has 3 rings (SSSR count). The van der Waals surface area contributed by atoms with Crippen molar-refractivity contribution in [2.45, 2.75) is 24.9 Å². The summed E-state index contributed by atoms with van der Waals surface area (Å²) < 4.78 is 20.0. The Balaban J connectivity index is 1.98. The molecular formula is C10H11FN4O3. The second-order valence-electron chi connectivity index (χ2n) is 4.11. The number of aromatic nitrogens is 4. The molecule has 0 amide bonds. The fourth-order valence-corrected chi connectivity index (χ4v) is 2.07. The van der Waals surface area contributed by atoms with Crippen LogP contribution in [-0.4, -0.2) is 48.5 Å². The highest BCUT2D eigenvalue weighted by Crippen LogP contribution is 2.30. The number of nitrogens with zero attached hydrogens (tertiary/aromatic N) is 4. The quantitative estimate of drug-likeness (QED) is 0.709. The Morgan fingerprint density at radius 3 is 3.06 bits per heavy atom. The summed E-state index contributed by atoms with van der Waals surface area (Å²) in [4.78, 5) is 11.1. The molecular weight excluding hydrogens is 243 g/mol. The van der Waals surface area contributed by atoms with Crippen LogP contribution >= 0.6 is 0 Å². The van der Waals surface area contributed by atoms with Crippen LogP contribution in [0.25, 0.3) is 11.2 Å². The highest BCUT2D eigenvalue weighted by Gasteiger charge is 2.35. The van der Waals surface area contributed by atoms with Crippen LogP contribution < -0.4 is 0 Å². The molecule has 3 heterocycles. The van der Waals surface area contributed by atoms with E-state index >= 15 is 0 Å². The van der Waals surface area contributed by atoms with Crippen LogP contribution in [0.1, 0.15) is 12.6 Å². The first kappa shape index (κ1) is 11.5. The summed E-state index contributed by atoms with van der Waals surface area (Å²) in [6, 6.07) is 0. The maximum Gasteiger partial charge on any atom is 0.310 e. The second kappa shape index (κ2) is 4.23. The van der Waals surface area contributed by atoms with Gasteiger partial charge in [-0.3, -0.25) is 4.57 Å². The molecule has 0 aliphatic carbocycles. The van der Waals surface area contributed by atoms with E-state index < -0.39 is 24.5 Å². The van der Waals surface area contributed by atoms with Gasteiger partial charge in [0.1, 0.15) is 17.8 Å². The van der Waals surface area contributed by atoms with E-state index in [2.05, 4.69) is 15.0 Å². The van der Waals surface area contributed by atoms with Crippen LogP contribution in [0.4, 0.5) is 4.39 Å². The lowest BCUT2D eigenvalue weighted by molar-refractivity contribution is -0.0432. The molecule has 8 heteroatoms. The molecule has 96 valence electrons. The summed E-state index contributed by atoms with van der Waals surface area (Å²) in [6.45, 7) is -0.270. The fourth-order valence-electron chi connectivity index (χ4n) is 2.07. The molecule has 0 unspecified atom stereocenters. The number of imidazole rings is 1. The van der Waals surface area contributed by atoms with Gasteiger partial charge >= 0.3 is 6.08 Å². The van der Waals surface area contributed by atoms with Crippen LogP contribution in [-0.2, 0) is 4.74 Å². The van der Waals surface area contributed by atoms with Gasteiger partial charge in [0.2, 0.25) is 0 Å². The average Bonchev–Trinajstić information content (AvgIpc) is 2.91. The highest BCUT2D eigenvalue weighted by molar-refractivity contribution is 5.69. The zero-order chi connectivity index (χ0) is 12.7. The third-order valence-electron chi connectivity index (χ3n) is 2.98. The van der Waals surface area contributed by atoms with E-state index in [4.69, 9.17) is 9.84 Å². The number of aliphatic hydroxyl groups is 2. The summed E-state index contributed by atoms with van der Waals surface area (Å²) in [5, 5.41) is 18.7. The van der Waals surface area contributed by atoms with Gasteiger partial charge in [-0.15, -0.1) is 0 Å². The van der Waals surface area contributed by atoms with Gasteiger partial charge in [-0.1, -0.05) is 0 Å². The summed E-state index contributed by atoms with van der Waals surface area (Å²) in [5.41, 5.74) is 0.750. The molecule has 0 spiro atoms. The van der Waals surface area contributed by atoms with Crippen molar-refractivity contribution in [3.63, 3.8) is 0 Å². The number of hydrogen-bond acceptors (Lipinski definition) is 6. The van der Waals surface area contributed by atoms with Crippen molar-refractivity contribution in [3.05, 3.63) is 18.6 Å². The molecule has 2 aromatic heterocycles. The molecule has 1 aliphatic rings. The third kappa shape index (κ3) is 1.74. The molecule has 18 heavy (non-hydrogen) atoms. The van der Waals surface area contributed by atoms with E-state index in [9.17, 15) is 9.50 Å². The van der Waals surface area contributed by atoms with E-state index in [-0.39, 0.29) is 6.61 Å². The van der Waals surface area contributed by atoms with Crippen LogP contribution in [0, 0.1) is 6.08 Å². The third-order valence-corrected chi connectivity index (χ3v) is 2.98. The summed E-state index contributed by atoms with van der Waals surface area (Å²) in [6.07, 6.45) is 0.266. The Morgan fingerprint density at radius 2 is 2.33 bits per heavy atom. The van der Waals surface area contributed by atoms with E-state index in [0.717, 1.165) is 0 Å². The fraction of sp³-hybridized carbons (Fsp3) is 0.500. The van der Waals surface area contributed by atoms with Crippen LogP contribution in [0.2, 0.25) is 0 Å². The molecule has 3 atom stereocenters. The van der Waals surface area contributed by atoms with Crippen molar-refractivity contribution in [2.24, 2.45) is 0 Å². The van der Waals surface area contributed by atoms with Crippen molar-refractivity contribution in [1.29, 1.82) is 0 Å². The Hall–Kier alpha value is -1.64. The lowest BCUT2D eigenvalue weighted by atomic mass is 10.2. The molecule has 0 bridgehead atoms. The Kier molecular flexibility index (Phi) is 2.69. The van der Waals surface area contributed by atoms with Gasteiger partial charge in [0, 0.05) is 6.42 Å².